The largest absolute Gasteiger partial charge is 0.459 e. The van der Waals surface area contributed by atoms with E-state index in [2.05, 4.69) is 17.0 Å². The van der Waals surface area contributed by atoms with Crippen LogP contribution in [-0.2, 0) is 13.1 Å². The Kier molecular flexibility index (Phi) is 3.59. The topological polar surface area (TPSA) is 42.4 Å². The van der Waals surface area contributed by atoms with Crippen LogP contribution in [0, 0.1) is 0 Å². The summed E-state index contributed by atoms with van der Waals surface area (Å²) in [5.74, 6) is 3.40. The van der Waals surface area contributed by atoms with Crippen LogP contribution in [0.15, 0.2) is 28.7 Å². The second-order valence-electron chi connectivity index (χ2n) is 4.59. The zero-order valence-corrected chi connectivity index (χ0v) is 11.2. The lowest BCUT2D eigenvalue weighted by Crippen LogP contribution is -2.32. The molecule has 3 nitrogen and oxygen atoms in total. The Morgan fingerprint density at radius 2 is 2.00 bits per heavy atom. The molecule has 0 unspecified atom stereocenters. The molecule has 18 heavy (non-hydrogen) atoms. The van der Waals surface area contributed by atoms with E-state index in [0.29, 0.717) is 6.54 Å². The highest BCUT2D eigenvalue weighted by Crippen LogP contribution is 2.27. The van der Waals surface area contributed by atoms with Gasteiger partial charge >= 0.3 is 0 Å². The molecular formula is C14H18N2OS. The monoisotopic (exact) mass is 262 g/mol. The summed E-state index contributed by atoms with van der Waals surface area (Å²) in [5.41, 5.74) is 8.04. The average Bonchev–Trinajstić information content (AvgIpc) is 2.78. The van der Waals surface area contributed by atoms with Gasteiger partial charge in [0.1, 0.15) is 11.3 Å². The van der Waals surface area contributed by atoms with E-state index < -0.39 is 0 Å². The summed E-state index contributed by atoms with van der Waals surface area (Å²) in [7, 11) is 0. The van der Waals surface area contributed by atoms with Crippen molar-refractivity contribution in [3.63, 3.8) is 0 Å². The van der Waals surface area contributed by atoms with Gasteiger partial charge in [-0.05, 0) is 6.07 Å². The van der Waals surface area contributed by atoms with Crippen molar-refractivity contribution >= 4 is 22.7 Å². The number of fused-ring (bicyclic) bond motifs is 1. The molecule has 1 aliphatic rings. The molecule has 1 aliphatic heterocycles. The van der Waals surface area contributed by atoms with E-state index in [4.69, 9.17) is 10.2 Å². The van der Waals surface area contributed by atoms with Crippen LogP contribution in [0.25, 0.3) is 11.0 Å². The van der Waals surface area contributed by atoms with Gasteiger partial charge in [-0.25, -0.2) is 0 Å². The number of hydrogen-bond acceptors (Lipinski definition) is 4. The number of para-hydroxylation sites is 1. The van der Waals surface area contributed by atoms with E-state index in [-0.39, 0.29) is 0 Å². The minimum absolute atomic E-state index is 0.479. The van der Waals surface area contributed by atoms with Gasteiger partial charge in [0.2, 0.25) is 0 Å². The maximum atomic E-state index is 5.83. The van der Waals surface area contributed by atoms with Crippen molar-refractivity contribution in [3.05, 3.63) is 35.6 Å². The van der Waals surface area contributed by atoms with Crippen LogP contribution in [-0.4, -0.2) is 29.5 Å². The van der Waals surface area contributed by atoms with Gasteiger partial charge < -0.3 is 10.2 Å². The van der Waals surface area contributed by atoms with Crippen LogP contribution < -0.4 is 5.73 Å². The van der Waals surface area contributed by atoms with Gasteiger partial charge in [0.05, 0.1) is 6.54 Å². The second kappa shape index (κ2) is 5.34. The number of nitrogens with zero attached hydrogens (tertiary/aromatic N) is 1. The van der Waals surface area contributed by atoms with Gasteiger partial charge in [-0.15, -0.1) is 0 Å². The van der Waals surface area contributed by atoms with Crippen molar-refractivity contribution in [2.24, 2.45) is 5.73 Å². The molecule has 4 heteroatoms. The second-order valence-corrected chi connectivity index (χ2v) is 5.82. The molecule has 2 N–H and O–H groups in total. The Balaban J connectivity index is 1.93. The fraction of sp³-hybridized carbons (Fsp3) is 0.429. The molecule has 96 valence electrons. The summed E-state index contributed by atoms with van der Waals surface area (Å²) in [6.07, 6.45) is 0. The molecule has 0 radical (unpaired) electrons. The normalized spacial score (nSPS) is 17.4. The number of thioether (sulfide) groups is 1. The quantitative estimate of drug-likeness (QED) is 0.922. The third-order valence-electron chi connectivity index (χ3n) is 3.45. The molecule has 0 bridgehead atoms. The summed E-state index contributed by atoms with van der Waals surface area (Å²) >= 11 is 2.04. The van der Waals surface area contributed by atoms with Crippen LogP contribution in [0.4, 0.5) is 0 Å². The first-order valence-corrected chi connectivity index (χ1v) is 7.53. The first-order chi connectivity index (χ1) is 8.88. The predicted molar refractivity (Wildman–Crippen MR) is 76.7 cm³/mol. The summed E-state index contributed by atoms with van der Waals surface area (Å²) in [4.78, 5) is 2.49. The minimum atomic E-state index is 0.479. The van der Waals surface area contributed by atoms with E-state index in [1.807, 2.05) is 23.9 Å². The highest BCUT2D eigenvalue weighted by Gasteiger charge is 2.17. The van der Waals surface area contributed by atoms with Crippen molar-refractivity contribution < 1.29 is 4.42 Å². The van der Waals surface area contributed by atoms with Gasteiger partial charge in [0.25, 0.3) is 0 Å². The van der Waals surface area contributed by atoms with Gasteiger partial charge in [-0.3, -0.25) is 4.90 Å². The fourth-order valence-electron chi connectivity index (χ4n) is 2.47. The molecule has 0 spiro atoms. The third kappa shape index (κ3) is 2.28. The van der Waals surface area contributed by atoms with E-state index in [1.165, 1.54) is 22.5 Å². The van der Waals surface area contributed by atoms with Gasteiger partial charge in [0, 0.05) is 42.1 Å². The summed E-state index contributed by atoms with van der Waals surface area (Å²) in [6.45, 7) is 3.76. The minimum Gasteiger partial charge on any atom is -0.459 e. The maximum absolute atomic E-state index is 5.83. The molecule has 1 aromatic heterocycles. The van der Waals surface area contributed by atoms with Crippen LogP contribution in [0.1, 0.15) is 11.3 Å². The van der Waals surface area contributed by atoms with Crippen molar-refractivity contribution in [2.45, 2.75) is 13.1 Å². The van der Waals surface area contributed by atoms with E-state index in [1.54, 1.807) is 0 Å². The molecule has 0 saturated carbocycles. The van der Waals surface area contributed by atoms with Crippen molar-refractivity contribution in [3.8, 4) is 0 Å². The van der Waals surface area contributed by atoms with Crippen LogP contribution in [0.3, 0.4) is 0 Å². The Labute approximate surface area is 111 Å². The van der Waals surface area contributed by atoms with Gasteiger partial charge in [0.15, 0.2) is 0 Å². The number of nitrogens with two attached hydrogens (primary N) is 1. The molecule has 0 atom stereocenters. The van der Waals surface area contributed by atoms with Gasteiger partial charge in [-0.1, -0.05) is 18.2 Å². The molecule has 0 amide bonds. The highest BCUT2D eigenvalue weighted by molar-refractivity contribution is 7.99. The SMILES string of the molecule is NCc1oc2ccccc2c1CN1CCSCC1. The molecular weight excluding hydrogens is 244 g/mol. The zero-order valence-electron chi connectivity index (χ0n) is 10.4. The number of furan rings is 1. The Morgan fingerprint density at radius 3 is 2.78 bits per heavy atom. The number of rotatable bonds is 3. The van der Waals surface area contributed by atoms with Crippen LogP contribution >= 0.6 is 11.8 Å². The summed E-state index contributed by atoms with van der Waals surface area (Å²) in [6, 6.07) is 8.22. The number of benzene rings is 1. The average molecular weight is 262 g/mol. The molecule has 1 aromatic carbocycles. The molecule has 3 rings (SSSR count). The fourth-order valence-corrected chi connectivity index (χ4v) is 3.45. The van der Waals surface area contributed by atoms with Gasteiger partial charge in [-0.2, -0.15) is 11.8 Å². The Hall–Kier alpha value is -0.970. The van der Waals surface area contributed by atoms with Crippen molar-refractivity contribution in [2.75, 3.05) is 24.6 Å². The van der Waals surface area contributed by atoms with Crippen molar-refractivity contribution in [1.82, 2.24) is 4.90 Å². The molecule has 0 aliphatic carbocycles. The summed E-state index contributed by atoms with van der Waals surface area (Å²) < 4.78 is 5.83. The van der Waals surface area contributed by atoms with E-state index >= 15 is 0 Å². The molecule has 1 saturated heterocycles. The molecule has 2 aromatic rings. The summed E-state index contributed by atoms with van der Waals surface area (Å²) in [5, 5.41) is 1.22. The van der Waals surface area contributed by atoms with Crippen molar-refractivity contribution in [1.29, 1.82) is 0 Å². The first-order valence-electron chi connectivity index (χ1n) is 6.38. The Morgan fingerprint density at radius 1 is 1.22 bits per heavy atom. The smallest absolute Gasteiger partial charge is 0.134 e. The Bertz CT molecular complexity index is 532. The van der Waals surface area contributed by atoms with E-state index in [0.717, 1.165) is 31.0 Å². The van der Waals surface area contributed by atoms with Crippen LogP contribution in [0.5, 0.6) is 0 Å². The lowest BCUT2D eigenvalue weighted by Gasteiger charge is -2.26. The predicted octanol–water partition coefficient (Wildman–Crippen LogP) is 2.44. The maximum Gasteiger partial charge on any atom is 0.134 e. The molecule has 2 heterocycles. The highest BCUT2D eigenvalue weighted by atomic mass is 32.2. The third-order valence-corrected chi connectivity index (χ3v) is 4.40. The number of hydrogen-bond donors (Lipinski definition) is 1. The standard InChI is InChI=1S/C14H18N2OS/c15-9-14-12(10-16-5-7-18-8-6-16)11-3-1-2-4-13(11)17-14/h1-4H,5-10,15H2. The first kappa shape index (κ1) is 12.1. The lowest BCUT2D eigenvalue weighted by atomic mass is 10.1. The van der Waals surface area contributed by atoms with Crippen LogP contribution in [0.2, 0.25) is 0 Å². The zero-order chi connectivity index (χ0) is 12.4. The van der Waals surface area contributed by atoms with E-state index in [9.17, 15) is 0 Å². The molecule has 1 fully saturated rings. The lowest BCUT2D eigenvalue weighted by molar-refractivity contribution is 0.292.